The summed E-state index contributed by atoms with van der Waals surface area (Å²) in [5, 5.41) is 10.6. The third-order valence-corrected chi connectivity index (χ3v) is 5.79. The Balaban J connectivity index is 1.56. The lowest BCUT2D eigenvalue weighted by Gasteiger charge is -2.35. The zero-order valence-electron chi connectivity index (χ0n) is 14.8. The normalized spacial score (nSPS) is 20.8. The van der Waals surface area contributed by atoms with Gasteiger partial charge in [0.1, 0.15) is 16.5 Å². The van der Waals surface area contributed by atoms with Crippen molar-refractivity contribution in [2.45, 2.75) is 18.9 Å². The Labute approximate surface area is 161 Å². The maximum atomic E-state index is 12.5. The first-order valence-corrected chi connectivity index (χ1v) is 9.50. The van der Waals surface area contributed by atoms with Crippen LogP contribution >= 0.6 is 11.8 Å². The molecule has 0 bridgehead atoms. The maximum absolute atomic E-state index is 12.5. The van der Waals surface area contributed by atoms with Gasteiger partial charge in [-0.15, -0.1) is 0 Å². The van der Waals surface area contributed by atoms with Gasteiger partial charge in [0.2, 0.25) is 5.12 Å². The molecule has 4 rings (SSSR count). The van der Waals surface area contributed by atoms with Crippen LogP contribution in [0.3, 0.4) is 0 Å². The first kappa shape index (κ1) is 17.5. The van der Waals surface area contributed by atoms with E-state index in [0.717, 1.165) is 23.0 Å². The number of hydrogen-bond acceptors (Lipinski definition) is 6. The van der Waals surface area contributed by atoms with Crippen molar-refractivity contribution in [3.8, 4) is 5.75 Å². The summed E-state index contributed by atoms with van der Waals surface area (Å²) in [6, 6.07) is 14.6. The molecule has 1 N–H and O–H groups in total. The van der Waals surface area contributed by atoms with Crippen LogP contribution in [-0.4, -0.2) is 34.1 Å². The number of phenols is 1. The van der Waals surface area contributed by atoms with Crippen LogP contribution in [0.15, 0.2) is 65.3 Å². The van der Waals surface area contributed by atoms with E-state index in [4.69, 9.17) is 0 Å². The Kier molecular flexibility index (Phi) is 4.58. The molecule has 1 unspecified atom stereocenters. The van der Waals surface area contributed by atoms with E-state index in [1.54, 1.807) is 6.07 Å². The molecule has 6 heteroatoms. The molecule has 136 valence electrons. The third-order valence-electron chi connectivity index (χ3n) is 4.87. The Hall–Kier alpha value is -2.86. The number of Topliss-reactive ketones (excluding diaryl/α,β-unsaturated/α-hetero) is 1. The van der Waals surface area contributed by atoms with Gasteiger partial charge in [0.05, 0.1) is 11.3 Å². The van der Waals surface area contributed by atoms with Gasteiger partial charge in [-0.05, 0) is 30.3 Å². The Morgan fingerprint density at radius 2 is 1.96 bits per heavy atom. The molecule has 2 aliphatic rings. The number of fused-ring (bicyclic) bond motifs is 1. The summed E-state index contributed by atoms with van der Waals surface area (Å²) in [6.45, 7) is 0. The largest absolute Gasteiger partial charge is 0.507 e. The molecule has 5 nitrogen and oxygen atoms in total. The molecule has 2 aliphatic heterocycles. The van der Waals surface area contributed by atoms with E-state index in [1.807, 2.05) is 54.4 Å². The van der Waals surface area contributed by atoms with Crippen LogP contribution in [0.25, 0.3) is 0 Å². The van der Waals surface area contributed by atoms with E-state index in [0.29, 0.717) is 29.1 Å². The van der Waals surface area contributed by atoms with Crippen LogP contribution in [0.4, 0.5) is 5.69 Å². The fourth-order valence-corrected chi connectivity index (χ4v) is 4.20. The van der Waals surface area contributed by atoms with Gasteiger partial charge in [0.25, 0.3) is 0 Å². The van der Waals surface area contributed by atoms with Gasteiger partial charge >= 0.3 is 0 Å². The molecule has 0 radical (unpaired) electrons. The molecule has 0 spiro atoms. The predicted molar refractivity (Wildman–Crippen MR) is 108 cm³/mol. The molecular formula is C21H18N2O3S. The Bertz CT molecular complexity index is 982. The predicted octanol–water partition coefficient (Wildman–Crippen LogP) is 3.78. The number of aromatic hydroxyl groups is 1. The molecule has 0 saturated heterocycles. The number of benzene rings is 2. The van der Waals surface area contributed by atoms with Gasteiger partial charge in [-0.2, -0.15) is 0 Å². The molecule has 0 aromatic heterocycles. The quantitative estimate of drug-likeness (QED) is 0.823. The highest BCUT2D eigenvalue weighted by Crippen LogP contribution is 2.36. The van der Waals surface area contributed by atoms with E-state index in [1.165, 1.54) is 6.07 Å². The minimum Gasteiger partial charge on any atom is -0.507 e. The number of ketones is 1. The van der Waals surface area contributed by atoms with Gasteiger partial charge < -0.3 is 10.0 Å². The van der Waals surface area contributed by atoms with Crippen molar-refractivity contribution in [3.05, 3.63) is 71.4 Å². The summed E-state index contributed by atoms with van der Waals surface area (Å²) in [5.41, 5.74) is 2.45. The molecule has 2 heterocycles. The topological polar surface area (TPSA) is 70.0 Å². The Morgan fingerprint density at radius 1 is 1.19 bits per heavy atom. The second-order valence-corrected chi connectivity index (χ2v) is 7.52. The van der Waals surface area contributed by atoms with E-state index in [9.17, 15) is 14.7 Å². The van der Waals surface area contributed by atoms with Crippen LogP contribution < -0.4 is 4.90 Å². The van der Waals surface area contributed by atoms with Crippen LogP contribution in [-0.2, 0) is 4.79 Å². The van der Waals surface area contributed by atoms with Crippen molar-refractivity contribution in [3.63, 3.8) is 0 Å². The van der Waals surface area contributed by atoms with Crippen LogP contribution in [0.5, 0.6) is 5.75 Å². The minimum absolute atomic E-state index is 0.0145. The smallest absolute Gasteiger partial charge is 0.243 e. The lowest BCUT2D eigenvalue weighted by atomic mass is 9.92. The second-order valence-electron chi connectivity index (χ2n) is 6.56. The molecule has 1 atom stereocenters. The summed E-state index contributed by atoms with van der Waals surface area (Å²) in [5.74, 6) is -0.0640. The summed E-state index contributed by atoms with van der Waals surface area (Å²) < 4.78 is 0. The standard InChI is InChI=1S/C21H18N2O3S/c1-23-14(12-18(25)19-16(23)8-5-9-17(19)24)10-11-15-21(26)27-20(22-15)13-6-3-2-4-7-13/h2-9,11,14,24H,10,12H2,1H3/b15-11+. The average molecular weight is 378 g/mol. The molecule has 27 heavy (non-hydrogen) atoms. The van der Waals surface area contributed by atoms with Gasteiger partial charge in [0.15, 0.2) is 5.78 Å². The zero-order valence-corrected chi connectivity index (χ0v) is 15.6. The monoisotopic (exact) mass is 378 g/mol. The molecule has 0 saturated carbocycles. The molecule has 0 aliphatic carbocycles. The fourth-order valence-electron chi connectivity index (χ4n) is 3.40. The van der Waals surface area contributed by atoms with E-state index >= 15 is 0 Å². The summed E-state index contributed by atoms with van der Waals surface area (Å²) in [4.78, 5) is 31.2. The molecule has 0 amide bonds. The third kappa shape index (κ3) is 3.28. The highest BCUT2D eigenvalue weighted by atomic mass is 32.2. The van der Waals surface area contributed by atoms with Crippen molar-refractivity contribution in [1.29, 1.82) is 0 Å². The first-order chi connectivity index (χ1) is 13.0. The molecule has 0 fully saturated rings. The Morgan fingerprint density at radius 3 is 2.74 bits per heavy atom. The van der Waals surface area contributed by atoms with Crippen molar-refractivity contribution in [2.24, 2.45) is 4.99 Å². The zero-order chi connectivity index (χ0) is 19.0. The number of carbonyl (C=O) groups is 2. The van der Waals surface area contributed by atoms with Crippen LogP contribution in [0.2, 0.25) is 0 Å². The number of phenolic OH excluding ortho intramolecular Hbond substituents is 1. The van der Waals surface area contributed by atoms with Gasteiger partial charge in [-0.25, -0.2) is 4.99 Å². The molecular weight excluding hydrogens is 360 g/mol. The lowest BCUT2D eigenvalue weighted by molar-refractivity contribution is -0.107. The lowest BCUT2D eigenvalue weighted by Crippen LogP contribution is -2.38. The number of thioether (sulfide) groups is 1. The SMILES string of the molecule is CN1c2cccc(O)c2C(=O)CC1C/C=C1/N=C(c2ccccc2)SC1=O. The van der Waals surface area contributed by atoms with Crippen molar-refractivity contribution < 1.29 is 14.7 Å². The average Bonchev–Trinajstić information content (AvgIpc) is 3.05. The first-order valence-electron chi connectivity index (χ1n) is 8.69. The maximum Gasteiger partial charge on any atom is 0.243 e. The number of anilines is 1. The summed E-state index contributed by atoms with van der Waals surface area (Å²) in [7, 11) is 1.90. The second kappa shape index (κ2) is 7.04. The number of carbonyl (C=O) groups excluding carboxylic acids is 2. The number of nitrogens with zero attached hydrogens (tertiary/aromatic N) is 2. The fraction of sp³-hybridized carbons (Fsp3) is 0.190. The van der Waals surface area contributed by atoms with Crippen LogP contribution in [0.1, 0.15) is 28.8 Å². The number of rotatable bonds is 3. The van der Waals surface area contributed by atoms with E-state index < -0.39 is 0 Å². The van der Waals surface area contributed by atoms with E-state index in [2.05, 4.69) is 4.99 Å². The molecule has 2 aromatic carbocycles. The highest BCUT2D eigenvalue weighted by Gasteiger charge is 2.31. The number of hydrogen-bond donors (Lipinski definition) is 1. The highest BCUT2D eigenvalue weighted by molar-refractivity contribution is 8.27. The number of aliphatic imine (C=N–C) groups is 1. The van der Waals surface area contributed by atoms with Gasteiger partial charge in [0, 0.05) is 25.1 Å². The van der Waals surface area contributed by atoms with E-state index in [-0.39, 0.29) is 22.7 Å². The van der Waals surface area contributed by atoms with Crippen molar-refractivity contribution in [1.82, 2.24) is 0 Å². The molecule has 2 aromatic rings. The summed E-state index contributed by atoms with van der Waals surface area (Å²) >= 11 is 1.13. The minimum atomic E-state index is -0.0785. The van der Waals surface area contributed by atoms with Crippen molar-refractivity contribution in [2.75, 3.05) is 11.9 Å². The summed E-state index contributed by atoms with van der Waals surface area (Å²) in [6.07, 6.45) is 2.64. The van der Waals surface area contributed by atoms with Crippen molar-refractivity contribution >= 4 is 33.4 Å². The van der Waals surface area contributed by atoms with Gasteiger partial charge in [-0.1, -0.05) is 42.5 Å². The van der Waals surface area contributed by atoms with Gasteiger partial charge in [-0.3, -0.25) is 9.59 Å². The van der Waals surface area contributed by atoms with Crippen LogP contribution in [0, 0.1) is 0 Å².